The van der Waals surface area contributed by atoms with Gasteiger partial charge in [-0.3, -0.25) is 4.79 Å². The number of ether oxygens (including phenoxy) is 2. The molecule has 0 spiro atoms. The van der Waals surface area contributed by atoms with Gasteiger partial charge in [0.1, 0.15) is 0 Å². The van der Waals surface area contributed by atoms with Crippen molar-refractivity contribution in [1.29, 1.82) is 0 Å². The molecule has 0 saturated carbocycles. The summed E-state index contributed by atoms with van der Waals surface area (Å²) < 4.78 is 9.75. The highest BCUT2D eigenvalue weighted by molar-refractivity contribution is 5.69. The van der Waals surface area contributed by atoms with E-state index in [0.29, 0.717) is 13.2 Å². The molecule has 1 atom stereocenters. The zero-order valence-electron chi connectivity index (χ0n) is 8.78. The smallest absolute Gasteiger partial charge is 0.308 e. The summed E-state index contributed by atoms with van der Waals surface area (Å²) in [7, 11) is 1.33. The third kappa shape index (κ3) is 2.69. The van der Waals surface area contributed by atoms with Gasteiger partial charge < -0.3 is 14.6 Å². The van der Waals surface area contributed by atoms with E-state index in [1.54, 1.807) is 0 Å². The molecule has 1 aliphatic heterocycles. The van der Waals surface area contributed by atoms with Gasteiger partial charge in [0.25, 0.3) is 0 Å². The molecule has 4 nitrogen and oxygen atoms in total. The second-order valence-electron chi connectivity index (χ2n) is 4.06. The first-order valence-electron chi connectivity index (χ1n) is 4.91. The first kappa shape index (κ1) is 11.5. The number of aliphatic hydroxyl groups excluding tert-OH is 1. The monoisotopic (exact) mass is 202 g/mol. The zero-order chi connectivity index (χ0) is 10.6. The number of hydrogen-bond acceptors (Lipinski definition) is 4. The standard InChI is InChI=1S/C10H18O4/c1-10(3-5-14-6-4-10)8(11)7-9(12)13-2/h8,11H,3-7H2,1-2H3/t8-/m1/s1. The third-order valence-corrected chi connectivity index (χ3v) is 3.03. The molecule has 0 aliphatic carbocycles. The fourth-order valence-corrected chi connectivity index (χ4v) is 1.66. The second-order valence-corrected chi connectivity index (χ2v) is 4.06. The molecule has 0 radical (unpaired) electrons. The molecule has 1 fully saturated rings. The van der Waals surface area contributed by atoms with Gasteiger partial charge in [-0.2, -0.15) is 0 Å². The summed E-state index contributed by atoms with van der Waals surface area (Å²) in [6.45, 7) is 3.31. The Morgan fingerprint density at radius 3 is 2.64 bits per heavy atom. The molecule has 4 heteroatoms. The molecule has 1 N–H and O–H groups in total. The largest absolute Gasteiger partial charge is 0.469 e. The molecule has 0 aromatic carbocycles. The van der Waals surface area contributed by atoms with Gasteiger partial charge in [0.05, 0.1) is 19.6 Å². The van der Waals surface area contributed by atoms with Crippen LogP contribution in [0.1, 0.15) is 26.2 Å². The first-order chi connectivity index (χ1) is 6.58. The van der Waals surface area contributed by atoms with Crippen molar-refractivity contribution in [2.45, 2.75) is 32.3 Å². The Bertz CT molecular complexity index is 196. The van der Waals surface area contributed by atoms with Crippen LogP contribution in [0.25, 0.3) is 0 Å². The summed E-state index contributed by atoms with van der Waals surface area (Å²) in [5, 5.41) is 9.88. The van der Waals surface area contributed by atoms with E-state index >= 15 is 0 Å². The first-order valence-corrected chi connectivity index (χ1v) is 4.91. The average molecular weight is 202 g/mol. The quantitative estimate of drug-likeness (QED) is 0.685. The number of methoxy groups -OCH3 is 1. The predicted octanol–water partition coefficient (Wildman–Crippen LogP) is 0.727. The Labute approximate surface area is 84.2 Å². The lowest BCUT2D eigenvalue weighted by Gasteiger charge is -2.37. The fraction of sp³-hybridized carbons (Fsp3) is 0.900. The fourth-order valence-electron chi connectivity index (χ4n) is 1.66. The Hall–Kier alpha value is -0.610. The Kier molecular flexibility index (Phi) is 3.89. The van der Waals surface area contributed by atoms with Gasteiger partial charge in [-0.1, -0.05) is 6.92 Å². The van der Waals surface area contributed by atoms with Crippen LogP contribution >= 0.6 is 0 Å². The lowest BCUT2D eigenvalue weighted by molar-refractivity contribution is -0.146. The normalized spacial score (nSPS) is 22.8. The van der Waals surface area contributed by atoms with Crippen molar-refractivity contribution < 1.29 is 19.4 Å². The van der Waals surface area contributed by atoms with Crippen molar-refractivity contribution in [1.82, 2.24) is 0 Å². The molecule has 0 amide bonds. The Morgan fingerprint density at radius 2 is 2.14 bits per heavy atom. The van der Waals surface area contributed by atoms with Crippen LogP contribution in [0, 0.1) is 5.41 Å². The molecule has 0 aromatic rings. The maximum absolute atomic E-state index is 11.0. The van der Waals surface area contributed by atoms with E-state index in [1.807, 2.05) is 6.92 Å². The summed E-state index contributed by atoms with van der Waals surface area (Å²) in [6, 6.07) is 0. The highest BCUT2D eigenvalue weighted by Crippen LogP contribution is 2.34. The van der Waals surface area contributed by atoms with Gasteiger partial charge in [-0.05, 0) is 18.3 Å². The minimum absolute atomic E-state index is 0.0764. The maximum Gasteiger partial charge on any atom is 0.308 e. The van der Waals surface area contributed by atoms with Crippen molar-refractivity contribution in [2.75, 3.05) is 20.3 Å². The summed E-state index contributed by atoms with van der Waals surface area (Å²) in [4.78, 5) is 11.0. The van der Waals surface area contributed by atoms with Gasteiger partial charge in [-0.25, -0.2) is 0 Å². The molecule has 82 valence electrons. The Balaban J connectivity index is 2.48. The van der Waals surface area contributed by atoms with E-state index in [4.69, 9.17) is 4.74 Å². The summed E-state index contributed by atoms with van der Waals surface area (Å²) >= 11 is 0. The zero-order valence-corrected chi connectivity index (χ0v) is 8.78. The van der Waals surface area contributed by atoms with Crippen molar-refractivity contribution >= 4 is 5.97 Å². The molecule has 0 bridgehead atoms. The second kappa shape index (κ2) is 4.75. The molecular formula is C10H18O4. The highest BCUT2D eigenvalue weighted by Gasteiger charge is 2.36. The third-order valence-electron chi connectivity index (χ3n) is 3.03. The van der Waals surface area contributed by atoms with Crippen LogP contribution in [0.2, 0.25) is 0 Å². The number of carbonyl (C=O) groups excluding carboxylic acids is 1. The van der Waals surface area contributed by atoms with Gasteiger partial charge in [0.2, 0.25) is 0 Å². The van der Waals surface area contributed by atoms with E-state index in [1.165, 1.54) is 7.11 Å². The lowest BCUT2D eigenvalue weighted by atomic mass is 9.76. The minimum Gasteiger partial charge on any atom is -0.469 e. The number of aliphatic hydroxyl groups is 1. The van der Waals surface area contributed by atoms with Crippen LogP contribution < -0.4 is 0 Å². The topological polar surface area (TPSA) is 55.8 Å². The van der Waals surface area contributed by atoms with Gasteiger partial charge in [-0.15, -0.1) is 0 Å². The lowest BCUT2D eigenvalue weighted by Crippen LogP contribution is -2.39. The van der Waals surface area contributed by atoms with Crippen LogP contribution in [0.3, 0.4) is 0 Å². The molecule has 1 heterocycles. The van der Waals surface area contributed by atoms with E-state index < -0.39 is 6.10 Å². The SMILES string of the molecule is COC(=O)C[C@@H](O)C1(C)CCOCC1. The van der Waals surface area contributed by atoms with Crippen molar-refractivity contribution in [3.63, 3.8) is 0 Å². The molecule has 14 heavy (non-hydrogen) atoms. The highest BCUT2D eigenvalue weighted by atomic mass is 16.5. The predicted molar refractivity (Wildman–Crippen MR) is 50.8 cm³/mol. The molecule has 1 rings (SSSR count). The maximum atomic E-state index is 11.0. The molecule has 1 aliphatic rings. The van der Waals surface area contributed by atoms with Crippen LogP contribution in [0.15, 0.2) is 0 Å². The van der Waals surface area contributed by atoms with Crippen molar-refractivity contribution in [3.05, 3.63) is 0 Å². The van der Waals surface area contributed by atoms with E-state index in [9.17, 15) is 9.90 Å². The molecular weight excluding hydrogens is 184 g/mol. The van der Waals surface area contributed by atoms with Crippen LogP contribution in [0.5, 0.6) is 0 Å². The van der Waals surface area contributed by atoms with E-state index in [2.05, 4.69) is 4.74 Å². The average Bonchev–Trinajstić information content (AvgIpc) is 2.18. The van der Waals surface area contributed by atoms with Crippen LogP contribution in [0.4, 0.5) is 0 Å². The summed E-state index contributed by atoms with van der Waals surface area (Å²) in [5.74, 6) is -0.356. The Morgan fingerprint density at radius 1 is 1.57 bits per heavy atom. The molecule has 0 unspecified atom stereocenters. The van der Waals surface area contributed by atoms with E-state index in [0.717, 1.165) is 12.8 Å². The molecule has 1 saturated heterocycles. The van der Waals surface area contributed by atoms with Gasteiger partial charge in [0, 0.05) is 13.2 Å². The summed E-state index contributed by atoms with van der Waals surface area (Å²) in [6.07, 6.45) is 1.04. The van der Waals surface area contributed by atoms with Crippen molar-refractivity contribution in [3.8, 4) is 0 Å². The summed E-state index contributed by atoms with van der Waals surface area (Å²) in [5.41, 5.74) is -0.202. The number of rotatable bonds is 3. The minimum atomic E-state index is -0.626. The van der Waals surface area contributed by atoms with E-state index in [-0.39, 0.29) is 17.8 Å². The van der Waals surface area contributed by atoms with Gasteiger partial charge in [0.15, 0.2) is 0 Å². The number of esters is 1. The van der Waals surface area contributed by atoms with Crippen molar-refractivity contribution in [2.24, 2.45) is 5.41 Å². The number of carbonyl (C=O) groups is 1. The number of hydrogen-bond donors (Lipinski definition) is 1. The van der Waals surface area contributed by atoms with Crippen LogP contribution in [-0.2, 0) is 14.3 Å². The van der Waals surface area contributed by atoms with Crippen LogP contribution in [-0.4, -0.2) is 37.5 Å². The van der Waals surface area contributed by atoms with Gasteiger partial charge >= 0.3 is 5.97 Å². The molecule has 0 aromatic heterocycles.